The number of hydrogen-bond acceptors (Lipinski definition) is 5. The van der Waals surface area contributed by atoms with Crippen molar-refractivity contribution in [3.05, 3.63) is 54.6 Å². The summed E-state index contributed by atoms with van der Waals surface area (Å²) in [6.45, 7) is 1.79. The van der Waals surface area contributed by atoms with E-state index < -0.39 is 5.72 Å². The van der Waals surface area contributed by atoms with Crippen molar-refractivity contribution in [2.24, 2.45) is 4.99 Å². The minimum absolute atomic E-state index is 0.254. The van der Waals surface area contributed by atoms with Gasteiger partial charge in [-0.25, -0.2) is 0 Å². The zero-order chi connectivity index (χ0) is 15.7. The summed E-state index contributed by atoms with van der Waals surface area (Å²) < 4.78 is 5.83. The Morgan fingerprint density at radius 2 is 1.83 bits per heavy atom. The molecule has 0 bridgehead atoms. The first-order valence-electron chi connectivity index (χ1n) is 7.70. The fraction of sp³-hybridized carbons (Fsp3) is 0.278. The molecule has 118 valence electrons. The van der Waals surface area contributed by atoms with Gasteiger partial charge in [0.05, 0.1) is 12.3 Å². The Kier molecular flexibility index (Phi) is 3.75. The Bertz CT molecular complexity index is 718. The average molecular weight is 326 g/mol. The topological polar surface area (TPSA) is 45.1 Å². The van der Waals surface area contributed by atoms with Crippen molar-refractivity contribution in [3.63, 3.8) is 0 Å². The van der Waals surface area contributed by atoms with Gasteiger partial charge in [-0.2, -0.15) is 0 Å². The Hall–Kier alpha value is -1.98. The average Bonchev–Trinajstić information content (AvgIpc) is 3.19. The van der Waals surface area contributed by atoms with Crippen LogP contribution in [0.1, 0.15) is 0 Å². The summed E-state index contributed by atoms with van der Waals surface area (Å²) >= 11 is 1.60. The lowest BCUT2D eigenvalue weighted by Gasteiger charge is -2.31. The molecule has 2 aromatic carbocycles. The second-order valence-corrected chi connectivity index (χ2v) is 6.71. The summed E-state index contributed by atoms with van der Waals surface area (Å²) in [5.74, 6) is 1.38. The third-order valence-electron chi connectivity index (χ3n) is 4.17. The number of fused-ring (bicyclic) bond motifs is 1. The lowest BCUT2D eigenvalue weighted by atomic mass is 10.1. The standard InChI is InChI=1S/C18H18N2O2S/c21-18(13-23-17-19-10-11-20(17)18)12-22-16-8-6-15(7-9-16)14-4-2-1-3-5-14/h1-9,21H,10-13H2. The predicted octanol–water partition coefficient (Wildman–Crippen LogP) is 2.84. The van der Waals surface area contributed by atoms with Gasteiger partial charge in [-0.15, -0.1) is 0 Å². The van der Waals surface area contributed by atoms with Gasteiger partial charge in [-0.05, 0) is 23.3 Å². The molecule has 23 heavy (non-hydrogen) atoms. The van der Waals surface area contributed by atoms with E-state index in [1.807, 2.05) is 47.4 Å². The molecule has 0 spiro atoms. The molecule has 4 nitrogen and oxygen atoms in total. The molecular formula is C18H18N2O2S. The summed E-state index contributed by atoms with van der Waals surface area (Å²) in [6, 6.07) is 18.2. The molecule has 1 atom stereocenters. The number of hydrogen-bond donors (Lipinski definition) is 1. The van der Waals surface area contributed by atoms with E-state index in [2.05, 4.69) is 17.1 Å². The number of thioether (sulfide) groups is 1. The molecule has 0 aliphatic carbocycles. The van der Waals surface area contributed by atoms with E-state index in [1.165, 1.54) is 5.56 Å². The minimum Gasteiger partial charge on any atom is -0.489 e. The van der Waals surface area contributed by atoms with Crippen LogP contribution < -0.4 is 4.74 Å². The molecule has 2 aliphatic heterocycles. The number of ether oxygens (including phenoxy) is 1. The highest BCUT2D eigenvalue weighted by Gasteiger charge is 2.45. The molecule has 0 radical (unpaired) electrons. The van der Waals surface area contributed by atoms with Crippen molar-refractivity contribution >= 4 is 16.9 Å². The molecule has 1 saturated heterocycles. The number of nitrogens with zero attached hydrogens (tertiary/aromatic N) is 2. The number of aliphatic imine (C=N–C) groups is 1. The maximum Gasteiger partial charge on any atom is 0.184 e. The van der Waals surface area contributed by atoms with E-state index in [9.17, 15) is 5.11 Å². The zero-order valence-electron chi connectivity index (χ0n) is 12.7. The second kappa shape index (κ2) is 5.91. The zero-order valence-corrected chi connectivity index (χ0v) is 13.5. The predicted molar refractivity (Wildman–Crippen MR) is 93.8 cm³/mol. The molecule has 1 fully saturated rings. The van der Waals surface area contributed by atoms with Gasteiger partial charge in [0.2, 0.25) is 0 Å². The van der Waals surface area contributed by atoms with Crippen LogP contribution in [0.3, 0.4) is 0 Å². The molecule has 2 heterocycles. The van der Waals surface area contributed by atoms with Crippen molar-refractivity contribution in [1.29, 1.82) is 0 Å². The third kappa shape index (κ3) is 2.82. The Morgan fingerprint density at radius 1 is 1.09 bits per heavy atom. The van der Waals surface area contributed by atoms with Crippen LogP contribution in [-0.2, 0) is 0 Å². The first kappa shape index (κ1) is 14.6. The maximum atomic E-state index is 10.8. The fourth-order valence-electron chi connectivity index (χ4n) is 2.89. The number of amidine groups is 1. The molecule has 4 rings (SSSR count). The highest BCUT2D eigenvalue weighted by molar-refractivity contribution is 8.14. The second-order valence-electron chi connectivity index (χ2n) is 5.77. The van der Waals surface area contributed by atoms with Gasteiger partial charge in [0.1, 0.15) is 12.4 Å². The lowest BCUT2D eigenvalue weighted by molar-refractivity contribution is -0.0694. The van der Waals surface area contributed by atoms with Gasteiger partial charge in [-0.3, -0.25) is 4.99 Å². The molecule has 5 heteroatoms. The van der Waals surface area contributed by atoms with Crippen LogP contribution in [0, 0.1) is 0 Å². The molecule has 1 N–H and O–H groups in total. The Labute approximate surface area is 139 Å². The van der Waals surface area contributed by atoms with Gasteiger partial charge in [0, 0.05) is 6.54 Å². The maximum absolute atomic E-state index is 10.8. The van der Waals surface area contributed by atoms with Crippen molar-refractivity contribution in [2.75, 3.05) is 25.4 Å². The highest BCUT2D eigenvalue weighted by atomic mass is 32.2. The van der Waals surface area contributed by atoms with Crippen LogP contribution in [-0.4, -0.2) is 46.3 Å². The van der Waals surface area contributed by atoms with E-state index in [0.29, 0.717) is 5.75 Å². The van der Waals surface area contributed by atoms with Crippen LogP contribution >= 0.6 is 11.8 Å². The van der Waals surface area contributed by atoms with E-state index in [4.69, 9.17) is 4.74 Å². The molecule has 1 unspecified atom stereocenters. The van der Waals surface area contributed by atoms with Crippen molar-refractivity contribution in [2.45, 2.75) is 5.72 Å². The SMILES string of the molecule is OC1(COc2ccc(-c3ccccc3)cc2)CSC2=NCCN21. The first-order chi connectivity index (χ1) is 11.2. The Morgan fingerprint density at radius 3 is 2.61 bits per heavy atom. The van der Waals surface area contributed by atoms with Gasteiger partial charge in [-0.1, -0.05) is 54.2 Å². The fourth-order valence-corrected chi connectivity index (χ4v) is 4.09. The lowest BCUT2D eigenvalue weighted by Crippen LogP contribution is -2.51. The quantitative estimate of drug-likeness (QED) is 0.938. The summed E-state index contributed by atoms with van der Waals surface area (Å²) in [7, 11) is 0. The van der Waals surface area contributed by atoms with E-state index >= 15 is 0 Å². The summed E-state index contributed by atoms with van der Waals surface area (Å²) in [6.07, 6.45) is 0. The normalized spacial score (nSPS) is 22.8. The summed E-state index contributed by atoms with van der Waals surface area (Å²) in [5, 5.41) is 11.7. The van der Waals surface area contributed by atoms with Gasteiger partial charge < -0.3 is 14.7 Å². The largest absolute Gasteiger partial charge is 0.489 e. The number of benzene rings is 2. The molecular weight excluding hydrogens is 308 g/mol. The van der Waals surface area contributed by atoms with E-state index in [1.54, 1.807) is 11.8 Å². The van der Waals surface area contributed by atoms with Crippen LogP contribution in [0.25, 0.3) is 11.1 Å². The summed E-state index contributed by atoms with van der Waals surface area (Å²) in [5.41, 5.74) is 1.39. The van der Waals surface area contributed by atoms with Gasteiger partial charge in [0.25, 0.3) is 0 Å². The number of aliphatic hydroxyl groups is 1. The van der Waals surface area contributed by atoms with Crippen molar-refractivity contribution in [1.82, 2.24) is 4.90 Å². The van der Waals surface area contributed by atoms with Crippen LogP contribution in [0.2, 0.25) is 0 Å². The van der Waals surface area contributed by atoms with E-state index in [0.717, 1.165) is 29.6 Å². The molecule has 0 saturated carbocycles. The third-order valence-corrected chi connectivity index (χ3v) is 5.38. The van der Waals surface area contributed by atoms with Crippen LogP contribution in [0.15, 0.2) is 59.6 Å². The van der Waals surface area contributed by atoms with Crippen molar-refractivity contribution < 1.29 is 9.84 Å². The van der Waals surface area contributed by atoms with Crippen molar-refractivity contribution in [3.8, 4) is 16.9 Å². The Balaban J connectivity index is 1.43. The molecule has 2 aliphatic rings. The van der Waals surface area contributed by atoms with Gasteiger partial charge in [0.15, 0.2) is 10.9 Å². The molecule has 0 amide bonds. The summed E-state index contributed by atoms with van der Waals surface area (Å²) in [4.78, 5) is 6.34. The molecule has 2 aromatic rings. The van der Waals surface area contributed by atoms with Crippen LogP contribution in [0.5, 0.6) is 5.75 Å². The molecule has 0 aromatic heterocycles. The first-order valence-corrected chi connectivity index (χ1v) is 8.69. The van der Waals surface area contributed by atoms with Crippen LogP contribution in [0.4, 0.5) is 0 Å². The van der Waals surface area contributed by atoms with Gasteiger partial charge >= 0.3 is 0 Å². The van der Waals surface area contributed by atoms with E-state index in [-0.39, 0.29) is 6.61 Å². The number of rotatable bonds is 4. The minimum atomic E-state index is -0.946. The smallest absolute Gasteiger partial charge is 0.184 e. The highest BCUT2D eigenvalue weighted by Crippen LogP contribution is 2.34. The monoisotopic (exact) mass is 326 g/mol.